The van der Waals surface area contributed by atoms with Gasteiger partial charge in [0.1, 0.15) is 19.9 Å². The van der Waals surface area contributed by atoms with Crippen LogP contribution in [0.15, 0.2) is 39.9 Å². The maximum absolute atomic E-state index is 5.61. The number of hydrogen-bond acceptors (Lipinski definition) is 2. The van der Waals surface area contributed by atoms with Crippen LogP contribution < -0.4 is 0 Å². The van der Waals surface area contributed by atoms with Gasteiger partial charge in [-0.2, -0.15) is 0 Å². The fourth-order valence-corrected chi connectivity index (χ4v) is 3.68. The van der Waals surface area contributed by atoms with Crippen molar-refractivity contribution in [1.82, 2.24) is 0 Å². The Morgan fingerprint density at radius 3 is 2.59 bits per heavy atom. The summed E-state index contributed by atoms with van der Waals surface area (Å²) in [4.78, 5) is 4.71. The van der Waals surface area contributed by atoms with Gasteiger partial charge < -0.3 is 4.42 Å². The molecule has 90 valence electrons. The van der Waals surface area contributed by atoms with Gasteiger partial charge in [-0.3, -0.25) is 4.99 Å². The number of rotatable bonds is 3. The van der Waals surface area contributed by atoms with Gasteiger partial charge in [0.2, 0.25) is 0 Å². The minimum Gasteiger partial charge on any atom is -0.464 e. The molecule has 1 aromatic heterocycles. The minimum atomic E-state index is -1.44. The van der Waals surface area contributed by atoms with Crippen LogP contribution in [0.2, 0.25) is 19.6 Å². The topological polar surface area (TPSA) is 25.5 Å². The number of fused-ring (bicyclic) bond motifs is 1. The van der Waals surface area contributed by atoms with Crippen LogP contribution >= 0.6 is 0 Å². The highest BCUT2D eigenvalue weighted by Crippen LogP contribution is 2.24. The van der Waals surface area contributed by atoms with E-state index in [4.69, 9.17) is 9.41 Å². The van der Waals surface area contributed by atoms with E-state index in [1.165, 1.54) is 16.3 Å². The Kier molecular flexibility index (Phi) is 3.20. The van der Waals surface area contributed by atoms with Gasteiger partial charge in [-0.1, -0.05) is 37.8 Å². The number of hydrogen-bond donors (Lipinski definition) is 0. The Morgan fingerprint density at radius 2 is 1.94 bits per heavy atom. The van der Waals surface area contributed by atoms with Crippen LogP contribution in [0.4, 0.5) is 0 Å². The lowest BCUT2D eigenvalue weighted by Crippen LogP contribution is -2.34. The molecule has 0 radical (unpaired) electrons. The van der Waals surface area contributed by atoms with E-state index in [0.29, 0.717) is 0 Å². The maximum Gasteiger partial charge on any atom is 0.134 e. The Bertz CT molecular complexity index is 549. The summed E-state index contributed by atoms with van der Waals surface area (Å²) in [6, 6.07) is 8.17. The minimum absolute atomic E-state index is 0.832. The van der Waals surface area contributed by atoms with Crippen molar-refractivity contribution in [3.8, 4) is 0 Å². The van der Waals surface area contributed by atoms with E-state index in [9.17, 15) is 0 Å². The van der Waals surface area contributed by atoms with Gasteiger partial charge in [-0.15, -0.1) is 0 Å². The van der Waals surface area contributed by atoms with E-state index in [1.807, 2.05) is 18.4 Å². The molecule has 0 aliphatic rings. The van der Waals surface area contributed by atoms with Crippen LogP contribution in [0.3, 0.4) is 0 Å². The monoisotopic (exact) mass is 245 g/mol. The lowest BCUT2D eigenvalue weighted by atomic mass is 10.2. The Balaban J connectivity index is 2.62. The van der Waals surface area contributed by atoms with Crippen LogP contribution in [0.5, 0.6) is 0 Å². The smallest absolute Gasteiger partial charge is 0.134 e. The molecule has 0 fully saturated rings. The average molecular weight is 245 g/mol. The van der Waals surface area contributed by atoms with Crippen molar-refractivity contribution in [3.63, 3.8) is 0 Å². The molecule has 1 aromatic carbocycles. The summed E-state index contributed by atoms with van der Waals surface area (Å²) >= 11 is 0. The Hall–Kier alpha value is -1.35. The molecule has 17 heavy (non-hydrogen) atoms. The van der Waals surface area contributed by atoms with Crippen molar-refractivity contribution in [1.29, 1.82) is 0 Å². The number of furan rings is 1. The van der Waals surface area contributed by atoms with Crippen molar-refractivity contribution in [2.24, 2.45) is 4.99 Å². The van der Waals surface area contributed by atoms with E-state index < -0.39 is 8.07 Å². The number of para-hydroxylation sites is 1. The second-order valence-electron chi connectivity index (χ2n) is 5.22. The lowest BCUT2D eigenvalue weighted by molar-refractivity contribution is 0.615. The summed E-state index contributed by atoms with van der Waals surface area (Å²) in [5, 5.41) is 2.44. The van der Waals surface area contributed by atoms with Gasteiger partial charge in [-0.25, -0.2) is 0 Å². The van der Waals surface area contributed by atoms with Crippen LogP contribution in [-0.2, 0) is 0 Å². The summed E-state index contributed by atoms with van der Waals surface area (Å²) in [6.07, 6.45) is 1.86. The largest absolute Gasteiger partial charge is 0.464 e. The van der Waals surface area contributed by atoms with Crippen molar-refractivity contribution < 1.29 is 4.42 Å². The first kappa shape index (κ1) is 12.1. The zero-order chi connectivity index (χ0) is 12.5. The van der Waals surface area contributed by atoms with E-state index in [-0.39, 0.29) is 0 Å². The highest BCUT2D eigenvalue weighted by Gasteiger charge is 2.25. The summed E-state index contributed by atoms with van der Waals surface area (Å²) in [5.74, 6) is 0. The average Bonchev–Trinajstić information content (AvgIpc) is 2.68. The molecule has 0 aliphatic heterocycles. The van der Waals surface area contributed by atoms with Gasteiger partial charge in [0.05, 0.1) is 0 Å². The second kappa shape index (κ2) is 4.49. The van der Waals surface area contributed by atoms with Crippen LogP contribution in [0.1, 0.15) is 12.5 Å². The fourth-order valence-electron chi connectivity index (χ4n) is 2.05. The van der Waals surface area contributed by atoms with Crippen molar-refractivity contribution in [3.05, 3.63) is 36.1 Å². The maximum atomic E-state index is 5.61. The number of nitrogens with zero attached hydrogens (tertiary/aromatic N) is 1. The van der Waals surface area contributed by atoms with Gasteiger partial charge in [-0.05, 0) is 13.0 Å². The standard InChI is InChI=1S/C14H19NOSi/c1-5-15-14(17(2,3)4)12-10-16-13-9-7-6-8-11(12)13/h6-10H,5H2,1-4H3. The van der Waals surface area contributed by atoms with Gasteiger partial charge in [0, 0.05) is 22.8 Å². The number of aliphatic imine (C=N–C) groups is 1. The summed E-state index contributed by atoms with van der Waals surface area (Å²) in [6.45, 7) is 9.89. The molecule has 0 saturated carbocycles. The molecule has 0 unspecified atom stereocenters. The molecule has 2 nitrogen and oxygen atoms in total. The molecule has 2 rings (SSSR count). The van der Waals surface area contributed by atoms with Gasteiger partial charge in [0.15, 0.2) is 0 Å². The lowest BCUT2D eigenvalue weighted by Gasteiger charge is -2.18. The molecule has 0 atom stereocenters. The summed E-state index contributed by atoms with van der Waals surface area (Å²) in [5.41, 5.74) is 2.13. The highest BCUT2D eigenvalue weighted by atomic mass is 28.3. The van der Waals surface area contributed by atoms with Crippen LogP contribution in [0, 0.1) is 0 Å². The zero-order valence-corrected chi connectivity index (χ0v) is 11.9. The first-order valence-corrected chi connectivity index (χ1v) is 9.55. The Morgan fingerprint density at radius 1 is 1.24 bits per heavy atom. The molecule has 2 aromatic rings. The fraction of sp³-hybridized carbons (Fsp3) is 0.357. The third-order valence-corrected chi connectivity index (χ3v) is 4.61. The predicted octanol–water partition coefficient (Wildman–Crippen LogP) is 4.12. The van der Waals surface area contributed by atoms with Crippen molar-refractivity contribution >= 4 is 24.4 Å². The van der Waals surface area contributed by atoms with E-state index >= 15 is 0 Å². The molecule has 0 amide bonds. The SMILES string of the molecule is CCN=C(c1coc2ccccc12)[Si](C)(C)C. The predicted molar refractivity (Wildman–Crippen MR) is 76.6 cm³/mol. The van der Waals surface area contributed by atoms with E-state index in [1.54, 1.807) is 0 Å². The first-order valence-electron chi connectivity index (χ1n) is 6.05. The molecule has 1 heterocycles. The molecule has 3 heteroatoms. The van der Waals surface area contributed by atoms with Crippen molar-refractivity contribution in [2.75, 3.05) is 6.54 Å². The van der Waals surface area contributed by atoms with Crippen LogP contribution in [-0.4, -0.2) is 20.0 Å². The summed E-state index contributed by atoms with van der Waals surface area (Å²) in [7, 11) is -1.44. The third-order valence-electron chi connectivity index (χ3n) is 2.76. The van der Waals surface area contributed by atoms with Gasteiger partial charge >= 0.3 is 0 Å². The molecule has 0 bridgehead atoms. The van der Waals surface area contributed by atoms with Crippen LogP contribution in [0.25, 0.3) is 11.0 Å². The second-order valence-corrected chi connectivity index (χ2v) is 10.2. The molecule has 0 saturated heterocycles. The normalized spacial score (nSPS) is 13.3. The number of benzene rings is 1. The molecule has 0 N–H and O–H groups in total. The van der Waals surface area contributed by atoms with Crippen molar-refractivity contribution in [2.45, 2.75) is 26.6 Å². The zero-order valence-electron chi connectivity index (χ0n) is 10.9. The molecular formula is C14H19NOSi. The molecule has 0 spiro atoms. The first-order chi connectivity index (χ1) is 8.04. The third kappa shape index (κ3) is 2.34. The van der Waals surface area contributed by atoms with E-state index in [2.05, 4.69) is 38.7 Å². The van der Waals surface area contributed by atoms with E-state index in [0.717, 1.165) is 12.1 Å². The molecular weight excluding hydrogens is 226 g/mol. The summed E-state index contributed by atoms with van der Waals surface area (Å²) < 4.78 is 5.61. The van der Waals surface area contributed by atoms with Gasteiger partial charge in [0.25, 0.3) is 0 Å². The molecule has 0 aliphatic carbocycles. The highest BCUT2D eigenvalue weighted by molar-refractivity contribution is 7.06. The Labute approximate surface area is 103 Å². The quantitative estimate of drug-likeness (QED) is 0.590.